The topological polar surface area (TPSA) is 78.5 Å². The molecule has 0 bridgehead atoms. The molecule has 1 aliphatic heterocycles. The van der Waals surface area contributed by atoms with Gasteiger partial charge in [-0.2, -0.15) is 0 Å². The van der Waals surface area contributed by atoms with Crippen molar-refractivity contribution in [3.05, 3.63) is 89.0 Å². The average molecular weight is 453 g/mol. The van der Waals surface area contributed by atoms with Crippen LogP contribution in [-0.2, 0) is 11.3 Å². The number of H-pyrrole nitrogens is 1. The van der Waals surface area contributed by atoms with Crippen molar-refractivity contribution in [3.63, 3.8) is 0 Å². The molecule has 1 saturated heterocycles. The summed E-state index contributed by atoms with van der Waals surface area (Å²) < 4.78 is 5.53. The third-order valence-corrected chi connectivity index (χ3v) is 6.08. The number of piperidine rings is 1. The van der Waals surface area contributed by atoms with Crippen LogP contribution in [0.25, 0.3) is 0 Å². The molecule has 1 aromatic heterocycles. The van der Waals surface area contributed by atoms with E-state index in [2.05, 4.69) is 9.97 Å². The standard InChI is InChI=1S/C24H25ClN4O3/c1-28(23(30)22-26-11-12-27-22)21-15-29(24(31)32-16-17-6-3-2-4-7-17)13-10-20(21)18-8-5-9-19(25)14-18/h2-9,11-12,14,20-21H,10,13,15-16H2,1H3,(H,26,27)/t20-,21+/m0/s1. The molecule has 7 nitrogen and oxygen atoms in total. The maximum atomic E-state index is 13.0. The number of likely N-dealkylation sites (N-methyl/N-ethyl adjacent to an activating group) is 1. The zero-order chi connectivity index (χ0) is 22.5. The number of nitrogens with one attached hydrogen (secondary N) is 1. The second kappa shape index (κ2) is 9.87. The molecule has 2 aromatic carbocycles. The summed E-state index contributed by atoms with van der Waals surface area (Å²) in [4.78, 5) is 36.1. The molecule has 1 fully saturated rings. The van der Waals surface area contributed by atoms with Gasteiger partial charge in [-0.15, -0.1) is 0 Å². The molecule has 32 heavy (non-hydrogen) atoms. The fourth-order valence-electron chi connectivity index (χ4n) is 4.13. The van der Waals surface area contributed by atoms with Crippen LogP contribution in [-0.4, -0.2) is 57.9 Å². The van der Waals surface area contributed by atoms with Gasteiger partial charge in [-0.25, -0.2) is 9.78 Å². The molecule has 0 aliphatic carbocycles. The van der Waals surface area contributed by atoms with E-state index in [4.69, 9.17) is 16.3 Å². The predicted octanol–water partition coefficient (Wildman–Crippen LogP) is 4.33. The summed E-state index contributed by atoms with van der Waals surface area (Å²) in [6.07, 6.45) is 3.45. The van der Waals surface area contributed by atoms with Gasteiger partial charge >= 0.3 is 6.09 Å². The molecule has 4 rings (SSSR count). The van der Waals surface area contributed by atoms with E-state index in [0.29, 0.717) is 24.5 Å². The maximum Gasteiger partial charge on any atom is 0.410 e. The Hall–Kier alpha value is -3.32. The zero-order valence-corrected chi connectivity index (χ0v) is 18.5. The van der Waals surface area contributed by atoms with Gasteiger partial charge in [0, 0.05) is 43.5 Å². The zero-order valence-electron chi connectivity index (χ0n) is 17.8. The van der Waals surface area contributed by atoms with E-state index in [9.17, 15) is 9.59 Å². The Morgan fingerprint density at radius 2 is 2.03 bits per heavy atom. The lowest BCUT2D eigenvalue weighted by Crippen LogP contribution is -2.54. The number of imidazole rings is 1. The Bertz CT molecular complexity index is 1060. The maximum absolute atomic E-state index is 13.0. The smallest absolute Gasteiger partial charge is 0.410 e. The lowest BCUT2D eigenvalue weighted by molar-refractivity contribution is 0.0464. The number of ether oxygens (including phenoxy) is 1. The summed E-state index contributed by atoms with van der Waals surface area (Å²) in [6, 6.07) is 17.0. The third-order valence-electron chi connectivity index (χ3n) is 5.84. The molecule has 2 atom stereocenters. The van der Waals surface area contributed by atoms with Gasteiger partial charge in [-0.1, -0.05) is 54.1 Å². The lowest BCUT2D eigenvalue weighted by Gasteiger charge is -2.42. The number of halogens is 1. The molecule has 0 saturated carbocycles. The second-order valence-electron chi connectivity index (χ2n) is 7.86. The molecule has 0 spiro atoms. The molecule has 166 valence electrons. The van der Waals surface area contributed by atoms with E-state index >= 15 is 0 Å². The first-order chi connectivity index (χ1) is 15.5. The van der Waals surface area contributed by atoms with Crippen molar-refractivity contribution in [1.29, 1.82) is 0 Å². The summed E-state index contributed by atoms with van der Waals surface area (Å²) in [5.74, 6) is 0.0587. The quantitative estimate of drug-likeness (QED) is 0.625. The Morgan fingerprint density at radius 3 is 2.75 bits per heavy atom. The van der Waals surface area contributed by atoms with Crippen LogP contribution in [0.2, 0.25) is 5.02 Å². The first-order valence-electron chi connectivity index (χ1n) is 10.5. The van der Waals surface area contributed by atoms with Gasteiger partial charge in [0.15, 0.2) is 5.82 Å². The van der Waals surface area contributed by atoms with Crippen molar-refractivity contribution in [2.75, 3.05) is 20.1 Å². The first kappa shape index (κ1) is 21.9. The summed E-state index contributed by atoms with van der Waals surface area (Å²) in [5, 5.41) is 0.644. The molecule has 0 unspecified atom stereocenters. The number of carbonyl (C=O) groups is 2. The van der Waals surface area contributed by atoms with Crippen molar-refractivity contribution in [3.8, 4) is 0 Å². The summed E-state index contributed by atoms with van der Waals surface area (Å²) >= 11 is 6.23. The van der Waals surface area contributed by atoms with Gasteiger partial charge in [0.1, 0.15) is 6.61 Å². The van der Waals surface area contributed by atoms with Crippen LogP contribution in [0, 0.1) is 0 Å². The van der Waals surface area contributed by atoms with Crippen LogP contribution >= 0.6 is 11.6 Å². The van der Waals surface area contributed by atoms with E-state index in [0.717, 1.165) is 11.1 Å². The number of nitrogens with zero attached hydrogens (tertiary/aromatic N) is 3. The Balaban J connectivity index is 1.52. The van der Waals surface area contributed by atoms with Crippen molar-refractivity contribution in [2.45, 2.75) is 25.0 Å². The van der Waals surface area contributed by atoms with Crippen LogP contribution in [0.3, 0.4) is 0 Å². The Labute approximate surface area is 192 Å². The number of likely N-dealkylation sites (tertiary alicyclic amines) is 1. The monoisotopic (exact) mass is 452 g/mol. The summed E-state index contributed by atoms with van der Waals surface area (Å²) in [5.41, 5.74) is 1.97. The van der Waals surface area contributed by atoms with E-state index in [1.54, 1.807) is 29.2 Å². The van der Waals surface area contributed by atoms with Crippen molar-refractivity contribution in [2.24, 2.45) is 0 Å². The number of aromatic nitrogens is 2. The minimum Gasteiger partial charge on any atom is -0.445 e. The number of aromatic amines is 1. The molecule has 3 aromatic rings. The molecular formula is C24H25ClN4O3. The highest BCUT2D eigenvalue weighted by molar-refractivity contribution is 6.30. The average Bonchev–Trinajstić information content (AvgIpc) is 3.37. The number of benzene rings is 2. The van der Waals surface area contributed by atoms with Crippen LogP contribution in [0.1, 0.15) is 34.1 Å². The molecule has 2 amide bonds. The summed E-state index contributed by atoms with van der Waals surface area (Å²) in [6.45, 7) is 1.09. The molecule has 8 heteroatoms. The van der Waals surface area contributed by atoms with Crippen LogP contribution < -0.4 is 0 Å². The fraction of sp³-hybridized carbons (Fsp3) is 0.292. The molecule has 1 N–H and O–H groups in total. The largest absolute Gasteiger partial charge is 0.445 e. The molecule has 1 aliphatic rings. The number of hydrogen-bond donors (Lipinski definition) is 1. The third kappa shape index (κ3) is 4.94. The highest BCUT2D eigenvalue weighted by Crippen LogP contribution is 2.33. The second-order valence-corrected chi connectivity index (χ2v) is 8.29. The molecular weight excluding hydrogens is 428 g/mol. The summed E-state index contributed by atoms with van der Waals surface area (Å²) in [7, 11) is 1.74. The van der Waals surface area contributed by atoms with Crippen LogP contribution in [0.5, 0.6) is 0 Å². The van der Waals surface area contributed by atoms with E-state index in [1.807, 2.05) is 54.6 Å². The Kier molecular flexibility index (Phi) is 6.75. The number of amides is 2. The van der Waals surface area contributed by atoms with Gasteiger partial charge in [0.2, 0.25) is 0 Å². The van der Waals surface area contributed by atoms with Crippen molar-refractivity contribution >= 4 is 23.6 Å². The number of carbonyl (C=O) groups excluding carboxylic acids is 2. The van der Waals surface area contributed by atoms with E-state index in [-0.39, 0.29) is 36.4 Å². The molecule has 2 heterocycles. The fourth-order valence-corrected chi connectivity index (χ4v) is 4.33. The van der Waals surface area contributed by atoms with Crippen LogP contribution in [0.15, 0.2) is 67.0 Å². The highest BCUT2D eigenvalue weighted by Gasteiger charge is 2.38. The van der Waals surface area contributed by atoms with Crippen molar-refractivity contribution in [1.82, 2.24) is 19.8 Å². The highest BCUT2D eigenvalue weighted by atomic mass is 35.5. The van der Waals surface area contributed by atoms with Gasteiger partial charge in [0.25, 0.3) is 5.91 Å². The minimum absolute atomic E-state index is 0.0239. The Morgan fingerprint density at radius 1 is 1.22 bits per heavy atom. The van der Waals surface area contributed by atoms with Crippen molar-refractivity contribution < 1.29 is 14.3 Å². The SMILES string of the molecule is CN(C(=O)c1ncc[nH]1)[C@@H]1CN(C(=O)OCc2ccccc2)CC[C@H]1c1cccc(Cl)c1. The van der Waals surface area contributed by atoms with Gasteiger partial charge in [-0.3, -0.25) is 4.79 Å². The van der Waals surface area contributed by atoms with E-state index < -0.39 is 0 Å². The van der Waals surface area contributed by atoms with Gasteiger partial charge in [-0.05, 0) is 29.7 Å². The molecule has 0 radical (unpaired) electrons. The number of rotatable bonds is 5. The minimum atomic E-state index is -0.387. The van der Waals surface area contributed by atoms with Gasteiger partial charge in [0.05, 0.1) is 6.04 Å². The predicted molar refractivity (Wildman–Crippen MR) is 121 cm³/mol. The first-order valence-corrected chi connectivity index (χ1v) is 10.9. The lowest BCUT2D eigenvalue weighted by atomic mass is 9.84. The van der Waals surface area contributed by atoms with Gasteiger partial charge < -0.3 is 19.5 Å². The number of hydrogen-bond acceptors (Lipinski definition) is 4. The normalized spacial score (nSPS) is 18.2. The van der Waals surface area contributed by atoms with Crippen LogP contribution in [0.4, 0.5) is 4.79 Å². The van der Waals surface area contributed by atoms with E-state index in [1.165, 1.54) is 0 Å².